The summed E-state index contributed by atoms with van der Waals surface area (Å²) in [6.45, 7) is 3.79. The Bertz CT molecular complexity index is 463. The minimum atomic E-state index is -0.469. The van der Waals surface area contributed by atoms with Crippen molar-refractivity contribution in [3.8, 4) is 11.5 Å². The van der Waals surface area contributed by atoms with E-state index in [4.69, 9.17) is 14.2 Å². The van der Waals surface area contributed by atoms with Gasteiger partial charge in [-0.25, -0.2) is 4.79 Å². The van der Waals surface area contributed by atoms with Crippen LogP contribution in [0.15, 0.2) is 12.1 Å². The molecule has 1 aromatic carbocycles. The minimum Gasteiger partial charge on any atom is -0.493 e. The van der Waals surface area contributed by atoms with Crippen molar-refractivity contribution in [2.45, 2.75) is 25.9 Å². The number of hydrogen-bond acceptors (Lipinski definition) is 4. The molecule has 1 aromatic rings. The lowest BCUT2D eigenvalue weighted by Gasteiger charge is -2.31. The lowest BCUT2D eigenvalue weighted by Crippen LogP contribution is -2.35. The van der Waals surface area contributed by atoms with Gasteiger partial charge in [-0.3, -0.25) is 0 Å². The van der Waals surface area contributed by atoms with Crippen LogP contribution < -0.4 is 9.47 Å². The molecule has 0 aliphatic carbocycles. The van der Waals surface area contributed by atoms with Crippen molar-refractivity contribution in [2.75, 3.05) is 14.2 Å². The Labute approximate surface area is 100 Å². The molecular weight excluding hydrogens is 220 g/mol. The molecule has 17 heavy (non-hydrogen) atoms. The first-order valence-electron chi connectivity index (χ1n) is 5.45. The SMILES string of the molecule is COc1cc2c(cc1OC)C(=O)OC(C)(C)C2. The average Bonchev–Trinajstić information content (AvgIpc) is 2.26. The van der Waals surface area contributed by atoms with E-state index in [0.717, 1.165) is 5.56 Å². The number of benzene rings is 1. The van der Waals surface area contributed by atoms with E-state index in [1.54, 1.807) is 20.3 Å². The first-order chi connectivity index (χ1) is 7.96. The second-order valence-electron chi connectivity index (χ2n) is 4.69. The summed E-state index contributed by atoms with van der Waals surface area (Å²) in [4.78, 5) is 11.9. The van der Waals surface area contributed by atoms with Gasteiger partial charge in [-0.2, -0.15) is 0 Å². The maximum Gasteiger partial charge on any atom is 0.339 e. The van der Waals surface area contributed by atoms with Crippen molar-refractivity contribution < 1.29 is 19.0 Å². The lowest BCUT2D eigenvalue weighted by atomic mass is 9.91. The molecule has 1 aliphatic heterocycles. The van der Waals surface area contributed by atoms with Crippen molar-refractivity contribution in [3.63, 3.8) is 0 Å². The maximum absolute atomic E-state index is 11.9. The van der Waals surface area contributed by atoms with Gasteiger partial charge >= 0.3 is 5.97 Å². The average molecular weight is 236 g/mol. The monoisotopic (exact) mass is 236 g/mol. The fourth-order valence-electron chi connectivity index (χ4n) is 2.06. The molecule has 0 amide bonds. The first kappa shape index (κ1) is 11.8. The van der Waals surface area contributed by atoms with Crippen LogP contribution >= 0.6 is 0 Å². The van der Waals surface area contributed by atoms with Crippen molar-refractivity contribution in [3.05, 3.63) is 23.3 Å². The molecule has 2 rings (SSSR count). The third kappa shape index (κ3) is 2.07. The Morgan fingerprint density at radius 2 is 1.76 bits per heavy atom. The summed E-state index contributed by atoms with van der Waals surface area (Å²) in [6.07, 6.45) is 0.675. The number of carbonyl (C=O) groups excluding carboxylic acids is 1. The molecule has 0 bridgehead atoms. The summed E-state index contributed by atoms with van der Waals surface area (Å²) in [5.41, 5.74) is 1.02. The van der Waals surface area contributed by atoms with Crippen molar-refractivity contribution in [1.82, 2.24) is 0 Å². The fraction of sp³-hybridized carbons (Fsp3) is 0.462. The molecular formula is C13H16O4. The molecule has 0 fully saturated rings. The highest BCUT2D eigenvalue weighted by Gasteiger charge is 2.33. The highest BCUT2D eigenvalue weighted by Crippen LogP contribution is 2.36. The number of cyclic esters (lactones) is 1. The molecule has 0 unspecified atom stereocenters. The zero-order chi connectivity index (χ0) is 12.6. The summed E-state index contributed by atoms with van der Waals surface area (Å²) >= 11 is 0. The van der Waals surface area contributed by atoms with Gasteiger partial charge in [0.2, 0.25) is 0 Å². The zero-order valence-corrected chi connectivity index (χ0v) is 10.5. The first-order valence-corrected chi connectivity index (χ1v) is 5.45. The third-order valence-corrected chi connectivity index (χ3v) is 2.81. The maximum atomic E-state index is 11.9. The topological polar surface area (TPSA) is 44.8 Å². The number of methoxy groups -OCH3 is 2. The van der Waals surface area contributed by atoms with Gasteiger partial charge in [0, 0.05) is 6.42 Å². The molecule has 0 aromatic heterocycles. The van der Waals surface area contributed by atoms with Gasteiger partial charge in [0.05, 0.1) is 19.8 Å². The summed E-state index contributed by atoms with van der Waals surface area (Å²) in [5, 5.41) is 0. The van der Waals surface area contributed by atoms with Crippen LogP contribution in [0.3, 0.4) is 0 Å². The third-order valence-electron chi connectivity index (χ3n) is 2.81. The van der Waals surface area contributed by atoms with Crippen molar-refractivity contribution in [1.29, 1.82) is 0 Å². The predicted molar refractivity (Wildman–Crippen MR) is 62.7 cm³/mol. The Hall–Kier alpha value is -1.71. The number of carbonyl (C=O) groups is 1. The van der Waals surface area contributed by atoms with E-state index in [9.17, 15) is 4.79 Å². The van der Waals surface area contributed by atoms with Gasteiger partial charge in [0.25, 0.3) is 0 Å². The van der Waals surface area contributed by atoms with E-state index >= 15 is 0 Å². The van der Waals surface area contributed by atoms with E-state index in [0.29, 0.717) is 23.5 Å². The van der Waals surface area contributed by atoms with Crippen LogP contribution in [0.25, 0.3) is 0 Å². The summed E-state index contributed by atoms with van der Waals surface area (Å²) < 4.78 is 15.7. The van der Waals surface area contributed by atoms with Crippen LogP contribution in [0.1, 0.15) is 29.8 Å². The largest absolute Gasteiger partial charge is 0.493 e. The van der Waals surface area contributed by atoms with E-state index < -0.39 is 5.60 Å². The number of ether oxygens (including phenoxy) is 3. The molecule has 0 saturated heterocycles. The van der Waals surface area contributed by atoms with Crippen molar-refractivity contribution >= 4 is 5.97 Å². The van der Waals surface area contributed by atoms with Gasteiger partial charge in [0.15, 0.2) is 11.5 Å². The molecule has 0 atom stereocenters. The quantitative estimate of drug-likeness (QED) is 0.738. The molecule has 0 saturated carbocycles. The zero-order valence-electron chi connectivity index (χ0n) is 10.5. The number of hydrogen-bond donors (Lipinski definition) is 0. The van der Waals surface area contributed by atoms with Gasteiger partial charge in [-0.1, -0.05) is 0 Å². The van der Waals surface area contributed by atoms with Crippen LogP contribution in [0.2, 0.25) is 0 Å². The highest BCUT2D eigenvalue weighted by molar-refractivity contribution is 5.93. The van der Waals surface area contributed by atoms with E-state index in [1.807, 2.05) is 19.9 Å². The van der Waals surface area contributed by atoms with Gasteiger partial charge in [-0.05, 0) is 31.5 Å². The molecule has 0 spiro atoms. The second-order valence-corrected chi connectivity index (χ2v) is 4.69. The lowest BCUT2D eigenvalue weighted by molar-refractivity contribution is -0.00656. The standard InChI is InChI=1S/C13H16O4/c1-13(2)7-8-5-10(15-3)11(16-4)6-9(8)12(14)17-13/h5-6H,7H2,1-4H3. The number of esters is 1. The minimum absolute atomic E-state index is 0.308. The smallest absolute Gasteiger partial charge is 0.339 e. The van der Waals surface area contributed by atoms with Crippen LogP contribution in [0.5, 0.6) is 11.5 Å². The highest BCUT2D eigenvalue weighted by atomic mass is 16.6. The molecule has 0 radical (unpaired) electrons. The Morgan fingerprint density at radius 3 is 2.35 bits per heavy atom. The summed E-state index contributed by atoms with van der Waals surface area (Å²) in [7, 11) is 3.12. The van der Waals surface area contributed by atoms with Crippen LogP contribution in [-0.4, -0.2) is 25.8 Å². The molecule has 1 aliphatic rings. The fourth-order valence-corrected chi connectivity index (χ4v) is 2.06. The normalized spacial score (nSPS) is 17.1. The van der Waals surface area contributed by atoms with Gasteiger partial charge < -0.3 is 14.2 Å². The Morgan fingerprint density at radius 1 is 1.18 bits per heavy atom. The van der Waals surface area contributed by atoms with E-state index in [2.05, 4.69) is 0 Å². The molecule has 4 nitrogen and oxygen atoms in total. The van der Waals surface area contributed by atoms with E-state index in [-0.39, 0.29) is 5.97 Å². The van der Waals surface area contributed by atoms with Gasteiger partial charge in [0.1, 0.15) is 5.60 Å². The van der Waals surface area contributed by atoms with Crippen LogP contribution in [-0.2, 0) is 11.2 Å². The Balaban J connectivity index is 2.53. The van der Waals surface area contributed by atoms with Crippen LogP contribution in [0.4, 0.5) is 0 Å². The summed E-state index contributed by atoms with van der Waals surface area (Å²) in [6, 6.07) is 3.52. The molecule has 4 heteroatoms. The predicted octanol–water partition coefficient (Wildman–Crippen LogP) is 2.20. The molecule has 92 valence electrons. The number of rotatable bonds is 2. The summed E-state index contributed by atoms with van der Waals surface area (Å²) in [5.74, 6) is 0.872. The van der Waals surface area contributed by atoms with Crippen LogP contribution in [0, 0.1) is 0 Å². The number of fused-ring (bicyclic) bond motifs is 1. The van der Waals surface area contributed by atoms with Gasteiger partial charge in [-0.15, -0.1) is 0 Å². The second kappa shape index (κ2) is 3.95. The van der Waals surface area contributed by atoms with Crippen molar-refractivity contribution in [2.24, 2.45) is 0 Å². The van der Waals surface area contributed by atoms with E-state index in [1.165, 1.54) is 0 Å². The molecule has 0 N–H and O–H groups in total. The molecule has 1 heterocycles. The Kier molecular flexibility index (Phi) is 2.73.